The average molecular weight is 222 g/mol. The van der Waals surface area contributed by atoms with Crippen molar-refractivity contribution in [1.82, 2.24) is 4.90 Å². The van der Waals surface area contributed by atoms with Gasteiger partial charge in [0.05, 0.1) is 6.10 Å². The van der Waals surface area contributed by atoms with Crippen LogP contribution in [-0.4, -0.2) is 53.7 Å². The van der Waals surface area contributed by atoms with E-state index in [1.54, 1.807) is 4.90 Å². The van der Waals surface area contributed by atoms with Crippen LogP contribution in [-0.2, 0) is 9.53 Å². The number of amides is 1. The molecule has 1 N–H and O–H groups in total. The highest BCUT2D eigenvalue weighted by Gasteiger charge is 2.33. The molecule has 1 saturated heterocycles. The van der Waals surface area contributed by atoms with Crippen LogP contribution in [0.3, 0.4) is 0 Å². The molecule has 0 saturated carbocycles. The summed E-state index contributed by atoms with van der Waals surface area (Å²) >= 11 is 5.47. The Morgan fingerprint density at radius 3 is 2.93 bits per heavy atom. The molecule has 0 radical (unpaired) electrons. The summed E-state index contributed by atoms with van der Waals surface area (Å²) in [4.78, 5) is 13.0. The molecule has 1 rings (SSSR count). The fraction of sp³-hybridized carbons (Fsp3) is 0.889. The Balaban J connectivity index is 2.41. The molecule has 0 spiro atoms. The number of rotatable bonds is 4. The molecular weight excluding hydrogens is 206 g/mol. The van der Waals surface area contributed by atoms with Crippen LogP contribution in [0.25, 0.3) is 0 Å². The minimum atomic E-state index is -0.561. The Bertz CT molecular complexity index is 200. The van der Waals surface area contributed by atoms with Crippen molar-refractivity contribution in [2.24, 2.45) is 0 Å². The molecule has 0 bridgehead atoms. The van der Waals surface area contributed by atoms with Gasteiger partial charge < -0.3 is 14.7 Å². The maximum absolute atomic E-state index is 11.4. The number of likely N-dealkylation sites (tertiary alicyclic amines) is 1. The quantitative estimate of drug-likeness (QED) is 0.692. The van der Waals surface area contributed by atoms with Crippen molar-refractivity contribution in [2.75, 3.05) is 25.6 Å². The second-order valence-electron chi connectivity index (χ2n) is 3.30. The molecule has 82 valence electrons. The van der Waals surface area contributed by atoms with E-state index in [2.05, 4.69) is 0 Å². The summed E-state index contributed by atoms with van der Waals surface area (Å²) in [5, 5.41) is 9.56. The number of hydrogen-bond acceptors (Lipinski definition) is 3. The molecule has 2 atom stereocenters. The highest BCUT2D eigenvalue weighted by molar-refractivity contribution is 6.18. The smallest absolute Gasteiger partial charge is 0.223 e. The summed E-state index contributed by atoms with van der Waals surface area (Å²) < 4.78 is 5.30. The Morgan fingerprint density at radius 1 is 1.64 bits per heavy atom. The van der Waals surface area contributed by atoms with Crippen LogP contribution in [0.1, 0.15) is 13.3 Å². The zero-order chi connectivity index (χ0) is 10.6. The van der Waals surface area contributed by atoms with E-state index < -0.39 is 6.10 Å². The monoisotopic (exact) mass is 221 g/mol. The number of carbonyl (C=O) groups is 1. The first-order chi connectivity index (χ1) is 6.69. The summed E-state index contributed by atoms with van der Waals surface area (Å²) in [7, 11) is 0. The standard InChI is InChI=1S/C9H16ClNO3/c1-2-14-8-6-11(5-7(8)12)9(13)3-4-10/h7-8,12H,2-6H2,1H3/t7-,8+/m1/s1. The molecule has 1 heterocycles. The minimum Gasteiger partial charge on any atom is -0.388 e. The van der Waals surface area contributed by atoms with Crippen molar-refractivity contribution in [3.63, 3.8) is 0 Å². The van der Waals surface area contributed by atoms with Crippen molar-refractivity contribution in [2.45, 2.75) is 25.6 Å². The van der Waals surface area contributed by atoms with Crippen molar-refractivity contribution in [3.05, 3.63) is 0 Å². The lowest BCUT2D eigenvalue weighted by Crippen LogP contribution is -2.30. The van der Waals surface area contributed by atoms with Gasteiger partial charge in [0.1, 0.15) is 6.10 Å². The third-order valence-corrected chi connectivity index (χ3v) is 2.47. The molecule has 1 aliphatic rings. The summed E-state index contributed by atoms with van der Waals surface area (Å²) in [6, 6.07) is 0. The molecule has 1 fully saturated rings. The summed E-state index contributed by atoms with van der Waals surface area (Å²) in [6.07, 6.45) is -0.471. The van der Waals surface area contributed by atoms with E-state index in [0.29, 0.717) is 32.0 Å². The van der Waals surface area contributed by atoms with Gasteiger partial charge in [0.15, 0.2) is 0 Å². The molecule has 5 heteroatoms. The third kappa shape index (κ3) is 2.83. The van der Waals surface area contributed by atoms with E-state index in [4.69, 9.17) is 16.3 Å². The number of nitrogens with zero attached hydrogens (tertiary/aromatic N) is 1. The van der Waals surface area contributed by atoms with Crippen LogP contribution in [0.2, 0.25) is 0 Å². The average Bonchev–Trinajstić information content (AvgIpc) is 2.49. The van der Waals surface area contributed by atoms with Crippen LogP contribution in [0.4, 0.5) is 0 Å². The van der Waals surface area contributed by atoms with Crippen molar-refractivity contribution >= 4 is 17.5 Å². The van der Waals surface area contributed by atoms with Crippen molar-refractivity contribution in [3.8, 4) is 0 Å². The molecule has 0 aliphatic carbocycles. The largest absolute Gasteiger partial charge is 0.388 e. The highest BCUT2D eigenvalue weighted by Crippen LogP contribution is 2.14. The van der Waals surface area contributed by atoms with Gasteiger partial charge in [-0.15, -0.1) is 11.6 Å². The SMILES string of the molecule is CCO[C@H]1CN(C(=O)CCCl)C[C@H]1O. The van der Waals surface area contributed by atoms with Crippen molar-refractivity contribution in [1.29, 1.82) is 0 Å². The predicted molar refractivity (Wildman–Crippen MR) is 53.3 cm³/mol. The third-order valence-electron chi connectivity index (χ3n) is 2.28. The van der Waals surface area contributed by atoms with Gasteiger partial charge in [-0.3, -0.25) is 4.79 Å². The predicted octanol–water partition coefficient (Wildman–Crippen LogP) is 0.223. The fourth-order valence-electron chi connectivity index (χ4n) is 1.58. The fourth-order valence-corrected chi connectivity index (χ4v) is 1.74. The lowest BCUT2D eigenvalue weighted by Gasteiger charge is -2.15. The number of aliphatic hydroxyl groups excluding tert-OH is 1. The number of carbonyl (C=O) groups excluding carboxylic acids is 1. The van der Waals surface area contributed by atoms with E-state index in [1.807, 2.05) is 6.92 Å². The summed E-state index contributed by atoms with van der Waals surface area (Å²) in [6.45, 7) is 3.26. The van der Waals surface area contributed by atoms with Gasteiger partial charge >= 0.3 is 0 Å². The first kappa shape index (κ1) is 11.8. The topological polar surface area (TPSA) is 49.8 Å². The van der Waals surface area contributed by atoms with Gasteiger partial charge in [-0.05, 0) is 6.92 Å². The van der Waals surface area contributed by atoms with E-state index in [-0.39, 0.29) is 12.0 Å². The molecule has 14 heavy (non-hydrogen) atoms. The maximum Gasteiger partial charge on any atom is 0.223 e. The second kappa shape index (κ2) is 5.53. The van der Waals surface area contributed by atoms with Gasteiger partial charge in [-0.1, -0.05) is 0 Å². The number of alkyl halides is 1. The van der Waals surface area contributed by atoms with E-state index in [0.717, 1.165) is 0 Å². The molecule has 1 aliphatic heterocycles. The molecule has 0 aromatic rings. The van der Waals surface area contributed by atoms with E-state index >= 15 is 0 Å². The van der Waals surface area contributed by atoms with Crippen LogP contribution < -0.4 is 0 Å². The number of ether oxygens (including phenoxy) is 1. The highest BCUT2D eigenvalue weighted by atomic mass is 35.5. The normalized spacial score (nSPS) is 26.9. The van der Waals surface area contributed by atoms with E-state index in [9.17, 15) is 9.90 Å². The number of hydrogen-bond donors (Lipinski definition) is 1. The van der Waals surface area contributed by atoms with Gasteiger partial charge in [0, 0.05) is 32.0 Å². The molecule has 0 unspecified atom stereocenters. The van der Waals surface area contributed by atoms with Gasteiger partial charge in [-0.25, -0.2) is 0 Å². The molecular formula is C9H16ClNO3. The Hall–Kier alpha value is -0.320. The van der Waals surface area contributed by atoms with Gasteiger partial charge in [0.25, 0.3) is 0 Å². The number of halogens is 1. The van der Waals surface area contributed by atoms with E-state index in [1.165, 1.54) is 0 Å². The molecule has 0 aromatic carbocycles. The summed E-state index contributed by atoms with van der Waals surface area (Å²) in [5.74, 6) is 0.311. The van der Waals surface area contributed by atoms with Gasteiger partial charge in [0.2, 0.25) is 5.91 Å². The Morgan fingerprint density at radius 2 is 2.36 bits per heavy atom. The van der Waals surface area contributed by atoms with Crippen LogP contribution in [0.5, 0.6) is 0 Å². The zero-order valence-electron chi connectivity index (χ0n) is 8.28. The van der Waals surface area contributed by atoms with Crippen LogP contribution in [0.15, 0.2) is 0 Å². The van der Waals surface area contributed by atoms with Gasteiger partial charge in [-0.2, -0.15) is 0 Å². The molecule has 1 amide bonds. The van der Waals surface area contributed by atoms with Crippen molar-refractivity contribution < 1.29 is 14.6 Å². The molecule has 4 nitrogen and oxygen atoms in total. The number of aliphatic hydroxyl groups is 1. The maximum atomic E-state index is 11.4. The first-order valence-electron chi connectivity index (χ1n) is 4.82. The summed E-state index contributed by atoms with van der Waals surface area (Å²) in [5.41, 5.74) is 0. The lowest BCUT2D eigenvalue weighted by atomic mass is 10.3. The number of β-amino-alcohol motifs (C(OH)–C–C–N with tert-alkyl or cyclic N) is 1. The minimum absolute atomic E-state index is 0.0127. The van der Waals surface area contributed by atoms with Crippen LogP contribution >= 0.6 is 11.6 Å². The van der Waals surface area contributed by atoms with Crippen LogP contribution in [0, 0.1) is 0 Å². The zero-order valence-corrected chi connectivity index (χ0v) is 9.04. The Kier molecular flexibility index (Phi) is 4.65. The first-order valence-corrected chi connectivity index (χ1v) is 5.36. The lowest BCUT2D eigenvalue weighted by molar-refractivity contribution is -0.130. The Labute approximate surface area is 88.8 Å². The second-order valence-corrected chi connectivity index (χ2v) is 3.68. The molecule has 0 aromatic heterocycles.